The van der Waals surface area contributed by atoms with Crippen molar-refractivity contribution in [3.05, 3.63) is 47.3 Å². The maximum atomic E-state index is 4.72. The van der Waals surface area contributed by atoms with Gasteiger partial charge in [0.2, 0.25) is 0 Å². The summed E-state index contributed by atoms with van der Waals surface area (Å²) in [4.78, 5) is 8.22. The predicted molar refractivity (Wildman–Crippen MR) is 82.8 cm³/mol. The molecule has 0 amide bonds. The smallest absolute Gasteiger partial charge is 0.166 e. The maximum Gasteiger partial charge on any atom is 0.166 e. The summed E-state index contributed by atoms with van der Waals surface area (Å²) in [5, 5.41) is 1.68. The molecule has 0 fully saturated rings. The summed E-state index contributed by atoms with van der Waals surface area (Å²) in [7, 11) is 0. The van der Waals surface area contributed by atoms with E-state index in [0.717, 1.165) is 18.0 Å². The fourth-order valence-electron chi connectivity index (χ4n) is 1.99. The van der Waals surface area contributed by atoms with Crippen LogP contribution < -0.4 is 0 Å². The predicted octanol–water partition coefficient (Wildman–Crippen LogP) is 4.45. The Bertz CT molecular complexity index is 505. The third-order valence-electron chi connectivity index (χ3n) is 3.29. The highest BCUT2D eigenvalue weighted by atomic mass is 32.2. The van der Waals surface area contributed by atoms with E-state index in [1.54, 1.807) is 0 Å². The van der Waals surface area contributed by atoms with Crippen molar-refractivity contribution in [3.63, 3.8) is 0 Å². The normalized spacial score (nSPS) is 12.6. The van der Waals surface area contributed by atoms with E-state index >= 15 is 0 Å². The summed E-state index contributed by atoms with van der Waals surface area (Å²) in [6, 6.07) is 10.6. The molecule has 1 N–H and O–H groups in total. The number of benzene rings is 1. The first-order valence-electron chi connectivity index (χ1n) is 7.01. The van der Waals surface area contributed by atoms with Gasteiger partial charge in [-0.05, 0) is 18.4 Å². The Labute approximate surface area is 120 Å². The Hall–Kier alpha value is -1.22. The van der Waals surface area contributed by atoms with Gasteiger partial charge in [0.1, 0.15) is 0 Å². The molecule has 2 nitrogen and oxygen atoms in total. The Morgan fingerprint density at radius 1 is 1.21 bits per heavy atom. The molecule has 1 atom stereocenters. The lowest BCUT2D eigenvalue weighted by Crippen LogP contribution is -1.93. The molecule has 3 heteroatoms. The summed E-state index contributed by atoms with van der Waals surface area (Å²) in [6.07, 6.45) is 3.10. The first kappa shape index (κ1) is 14.2. The van der Waals surface area contributed by atoms with Gasteiger partial charge in [-0.15, -0.1) is 0 Å². The minimum Gasteiger partial charge on any atom is -0.336 e. The highest BCUT2D eigenvalue weighted by Gasteiger charge is 2.11. The minimum atomic E-state index is 0.612. The monoisotopic (exact) mass is 274 g/mol. The van der Waals surface area contributed by atoms with Crippen molar-refractivity contribution in [2.75, 3.05) is 0 Å². The lowest BCUT2D eigenvalue weighted by Gasteiger charge is -2.04. The summed E-state index contributed by atoms with van der Waals surface area (Å²) >= 11 is 1.84. The molecule has 1 aromatic carbocycles. The highest BCUT2D eigenvalue weighted by Crippen LogP contribution is 2.24. The molecule has 1 unspecified atom stereocenters. The van der Waals surface area contributed by atoms with Gasteiger partial charge in [-0.2, -0.15) is 0 Å². The third kappa shape index (κ3) is 3.87. The van der Waals surface area contributed by atoms with E-state index in [0.29, 0.717) is 5.25 Å². The first-order chi connectivity index (χ1) is 9.22. The molecule has 0 aliphatic rings. The van der Waals surface area contributed by atoms with Gasteiger partial charge in [0.25, 0.3) is 0 Å². The standard InChI is InChI=1S/C16H22N2S/c1-4-12(3)19-16-17-14(5-2)15(18-16)11-13-9-7-6-8-10-13/h6-10,12H,4-5,11H2,1-3H3,(H,17,18). The van der Waals surface area contributed by atoms with E-state index in [4.69, 9.17) is 4.98 Å². The molecular formula is C16H22N2S. The minimum absolute atomic E-state index is 0.612. The summed E-state index contributed by atoms with van der Waals surface area (Å²) in [5.41, 5.74) is 3.80. The van der Waals surface area contributed by atoms with Crippen molar-refractivity contribution in [3.8, 4) is 0 Å². The lowest BCUT2D eigenvalue weighted by molar-refractivity contribution is 0.891. The number of nitrogens with zero attached hydrogens (tertiary/aromatic N) is 1. The molecule has 2 rings (SSSR count). The Kier molecular flexibility index (Phi) is 5.08. The van der Waals surface area contributed by atoms with Crippen molar-refractivity contribution in [1.29, 1.82) is 0 Å². The topological polar surface area (TPSA) is 28.7 Å². The van der Waals surface area contributed by atoms with Crippen molar-refractivity contribution >= 4 is 11.8 Å². The molecule has 0 radical (unpaired) electrons. The number of thioether (sulfide) groups is 1. The van der Waals surface area contributed by atoms with Crippen molar-refractivity contribution in [2.24, 2.45) is 0 Å². The van der Waals surface area contributed by atoms with Gasteiger partial charge in [0.15, 0.2) is 5.16 Å². The summed E-state index contributed by atoms with van der Waals surface area (Å²) in [6.45, 7) is 6.63. The van der Waals surface area contributed by atoms with E-state index in [1.807, 2.05) is 11.8 Å². The van der Waals surface area contributed by atoms with Crippen LogP contribution in [-0.2, 0) is 12.8 Å². The molecule has 1 aromatic heterocycles. The molecule has 0 aliphatic carbocycles. The van der Waals surface area contributed by atoms with Crippen LogP contribution in [0.4, 0.5) is 0 Å². The SMILES string of the molecule is CCc1nc(SC(C)CC)[nH]c1Cc1ccccc1. The number of imidazole rings is 1. The van der Waals surface area contributed by atoms with Gasteiger partial charge < -0.3 is 4.98 Å². The molecule has 0 saturated carbocycles. The molecule has 102 valence electrons. The van der Waals surface area contributed by atoms with E-state index in [9.17, 15) is 0 Å². The van der Waals surface area contributed by atoms with Crippen LogP contribution in [0.2, 0.25) is 0 Å². The highest BCUT2D eigenvalue weighted by molar-refractivity contribution is 7.99. The quantitative estimate of drug-likeness (QED) is 0.788. The molecule has 0 saturated heterocycles. The van der Waals surface area contributed by atoms with Crippen LogP contribution in [0.3, 0.4) is 0 Å². The number of aryl methyl sites for hydroxylation is 1. The third-order valence-corrected chi connectivity index (χ3v) is 4.44. The van der Waals surface area contributed by atoms with Gasteiger partial charge >= 0.3 is 0 Å². The number of aromatic nitrogens is 2. The zero-order valence-corrected chi connectivity index (χ0v) is 12.8. The average Bonchev–Trinajstić information content (AvgIpc) is 2.81. The van der Waals surface area contributed by atoms with E-state index in [-0.39, 0.29) is 0 Å². The van der Waals surface area contributed by atoms with Crippen molar-refractivity contribution in [2.45, 2.75) is 50.4 Å². The number of hydrogen-bond acceptors (Lipinski definition) is 2. The van der Waals surface area contributed by atoms with Crippen molar-refractivity contribution < 1.29 is 0 Å². The van der Waals surface area contributed by atoms with Crippen LogP contribution in [0.15, 0.2) is 35.5 Å². The van der Waals surface area contributed by atoms with E-state index in [2.05, 4.69) is 56.1 Å². The number of rotatable bonds is 6. The lowest BCUT2D eigenvalue weighted by atomic mass is 10.1. The van der Waals surface area contributed by atoms with Gasteiger partial charge in [0, 0.05) is 17.4 Å². The summed E-state index contributed by atoms with van der Waals surface area (Å²) in [5.74, 6) is 0. The maximum absolute atomic E-state index is 4.72. The van der Waals surface area contributed by atoms with Crippen LogP contribution in [0.5, 0.6) is 0 Å². The van der Waals surface area contributed by atoms with Gasteiger partial charge in [-0.3, -0.25) is 0 Å². The molecular weight excluding hydrogens is 252 g/mol. The Balaban J connectivity index is 2.15. The van der Waals surface area contributed by atoms with E-state index in [1.165, 1.54) is 23.4 Å². The molecule has 2 aromatic rings. The second-order valence-corrected chi connectivity index (χ2v) is 6.25. The largest absolute Gasteiger partial charge is 0.336 e. The Morgan fingerprint density at radius 2 is 1.95 bits per heavy atom. The first-order valence-corrected chi connectivity index (χ1v) is 7.89. The average molecular weight is 274 g/mol. The number of hydrogen-bond donors (Lipinski definition) is 1. The Morgan fingerprint density at radius 3 is 2.58 bits per heavy atom. The van der Waals surface area contributed by atoms with Gasteiger partial charge in [0.05, 0.1) is 5.69 Å². The number of H-pyrrole nitrogens is 1. The number of nitrogens with one attached hydrogen (secondary N) is 1. The van der Waals surface area contributed by atoms with Gasteiger partial charge in [-0.1, -0.05) is 62.9 Å². The molecule has 1 heterocycles. The van der Waals surface area contributed by atoms with Crippen LogP contribution >= 0.6 is 11.8 Å². The molecule has 0 bridgehead atoms. The molecule has 0 spiro atoms. The number of aromatic amines is 1. The van der Waals surface area contributed by atoms with Crippen LogP contribution in [-0.4, -0.2) is 15.2 Å². The fraction of sp³-hybridized carbons (Fsp3) is 0.438. The van der Waals surface area contributed by atoms with Gasteiger partial charge in [-0.25, -0.2) is 4.98 Å². The van der Waals surface area contributed by atoms with Crippen LogP contribution in [0, 0.1) is 0 Å². The molecule has 0 aliphatic heterocycles. The zero-order chi connectivity index (χ0) is 13.7. The van der Waals surface area contributed by atoms with E-state index < -0.39 is 0 Å². The molecule has 19 heavy (non-hydrogen) atoms. The zero-order valence-electron chi connectivity index (χ0n) is 11.9. The second kappa shape index (κ2) is 6.80. The van der Waals surface area contributed by atoms with Crippen LogP contribution in [0.25, 0.3) is 0 Å². The fourth-order valence-corrected chi connectivity index (χ4v) is 2.88. The second-order valence-electron chi connectivity index (χ2n) is 4.82. The van der Waals surface area contributed by atoms with Crippen molar-refractivity contribution in [1.82, 2.24) is 9.97 Å². The summed E-state index contributed by atoms with van der Waals surface area (Å²) < 4.78 is 0. The van der Waals surface area contributed by atoms with Crippen LogP contribution in [0.1, 0.15) is 44.1 Å².